The predicted molar refractivity (Wildman–Crippen MR) is 73.8 cm³/mol. The Morgan fingerprint density at radius 1 is 1.38 bits per heavy atom. The molecule has 108 valence electrons. The highest BCUT2D eigenvalue weighted by Gasteiger charge is 2.09. The highest BCUT2D eigenvalue weighted by atomic mass is 16.5. The maximum atomic E-state index is 11.7. The van der Waals surface area contributed by atoms with Gasteiger partial charge in [-0.2, -0.15) is 5.26 Å². The Hall–Kier alpha value is -2.94. The van der Waals surface area contributed by atoms with Crippen molar-refractivity contribution >= 4 is 5.91 Å². The van der Waals surface area contributed by atoms with E-state index in [1.165, 1.54) is 7.11 Å². The molecular weight excluding hydrogens is 272 g/mol. The normalized spacial score (nSPS) is 9.71. The van der Waals surface area contributed by atoms with Crippen LogP contribution in [-0.2, 0) is 11.3 Å². The Morgan fingerprint density at radius 3 is 2.90 bits per heavy atom. The molecule has 6 nitrogen and oxygen atoms in total. The second-order valence-corrected chi connectivity index (χ2v) is 4.12. The summed E-state index contributed by atoms with van der Waals surface area (Å²) >= 11 is 0. The van der Waals surface area contributed by atoms with E-state index in [1.807, 2.05) is 6.07 Å². The lowest BCUT2D eigenvalue weighted by Crippen LogP contribution is -2.28. The van der Waals surface area contributed by atoms with Crippen LogP contribution in [0.25, 0.3) is 0 Å². The number of rotatable bonds is 6. The van der Waals surface area contributed by atoms with Crippen molar-refractivity contribution in [2.24, 2.45) is 0 Å². The number of hydrogen-bond donors (Lipinski definition) is 1. The molecule has 0 spiro atoms. The van der Waals surface area contributed by atoms with Crippen LogP contribution in [0.3, 0.4) is 0 Å². The largest absolute Gasteiger partial charge is 0.493 e. The maximum absolute atomic E-state index is 11.7. The first kappa shape index (κ1) is 14.5. The van der Waals surface area contributed by atoms with E-state index >= 15 is 0 Å². The molecule has 6 heteroatoms. The number of methoxy groups -OCH3 is 1. The molecule has 0 bridgehead atoms. The van der Waals surface area contributed by atoms with E-state index in [2.05, 4.69) is 5.32 Å². The standard InChI is InChI=1S/C15H14N2O4/c1-19-14-7-11(8-16)4-5-13(14)21-10-15(18)17-9-12-3-2-6-20-12/h2-7H,9-10H2,1H3,(H,17,18). The van der Waals surface area contributed by atoms with Gasteiger partial charge in [-0.3, -0.25) is 4.79 Å². The van der Waals surface area contributed by atoms with Gasteiger partial charge in [-0.25, -0.2) is 0 Å². The van der Waals surface area contributed by atoms with Crippen molar-refractivity contribution in [3.05, 3.63) is 47.9 Å². The molecule has 0 aliphatic rings. The molecule has 21 heavy (non-hydrogen) atoms. The lowest BCUT2D eigenvalue weighted by Gasteiger charge is -2.10. The van der Waals surface area contributed by atoms with E-state index < -0.39 is 0 Å². The molecule has 1 aromatic carbocycles. The van der Waals surface area contributed by atoms with Crippen LogP contribution >= 0.6 is 0 Å². The second-order valence-electron chi connectivity index (χ2n) is 4.12. The van der Waals surface area contributed by atoms with Gasteiger partial charge < -0.3 is 19.2 Å². The quantitative estimate of drug-likeness (QED) is 0.876. The Balaban J connectivity index is 1.87. The van der Waals surface area contributed by atoms with Crippen molar-refractivity contribution in [2.45, 2.75) is 6.54 Å². The highest BCUT2D eigenvalue weighted by molar-refractivity contribution is 5.77. The molecule has 1 amide bonds. The average molecular weight is 286 g/mol. The number of nitrogens with zero attached hydrogens (tertiary/aromatic N) is 1. The van der Waals surface area contributed by atoms with Crippen LogP contribution in [0, 0.1) is 11.3 Å². The maximum Gasteiger partial charge on any atom is 0.258 e. The monoisotopic (exact) mass is 286 g/mol. The molecule has 0 saturated carbocycles. The van der Waals surface area contributed by atoms with Crippen LogP contribution in [-0.4, -0.2) is 19.6 Å². The third-order valence-electron chi connectivity index (χ3n) is 2.69. The molecule has 0 aliphatic carbocycles. The average Bonchev–Trinajstić information content (AvgIpc) is 3.04. The van der Waals surface area contributed by atoms with Gasteiger partial charge >= 0.3 is 0 Å². The van der Waals surface area contributed by atoms with E-state index in [9.17, 15) is 4.79 Å². The number of amides is 1. The van der Waals surface area contributed by atoms with Crippen molar-refractivity contribution in [1.29, 1.82) is 5.26 Å². The Bertz CT molecular complexity index is 644. The molecule has 1 heterocycles. The number of hydrogen-bond acceptors (Lipinski definition) is 5. The third-order valence-corrected chi connectivity index (χ3v) is 2.69. The number of carbonyl (C=O) groups is 1. The van der Waals surface area contributed by atoms with Gasteiger partial charge in [-0.15, -0.1) is 0 Å². The van der Waals surface area contributed by atoms with Gasteiger partial charge in [0.1, 0.15) is 5.76 Å². The minimum atomic E-state index is -0.280. The first-order chi connectivity index (χ1) is 10.2. The van der Waals surface area contributed by atoms with Gasteiger partial charge in [-0.05, 0) is 24.3 Å². The zero-order valence-electron chi connectivity index (χ0n) is 11.5. The Morgan fingerprint density at radius 2 is 2.24 bits per heavy atom. The van der Waals surface area contributed by atoms with Crippen LogP contribution in [0.2, 0.25) is 0 Å². The number of nitrogens with one attached hydrogen (secondary N) is 1. The van der Waals surface area contributed by atoms with Gasteiger partial charge in [0.05, 0.1) is 31.6 Å². The fraction of sp³-hybridized carbons (Fsp3) is 0.200. The summed E-state index contributed by atoms with van der Waals surface area (Å²) < 4.78 is 15.6. The summed E-state index contributed by atoms with van der Waals surface area (Å²) in [6.45, 7) is 0.155. The van der Waals surface area contributed by atoms with Crippen LogP contribution < -0.4 is 14.8 Å². The van der Waals surface area contributed by atoms with E-state index in [0.717, 1.165) is 0 Å². The van der Waals surface area contributed by atoms with E-state index in [4.69, 9.17) is 19.2 Å². The lowest BCUT2D eigenvalue weighted by molar-refractivity contribution is -0.123. The minimum absolute atomic E-state index is 0.150. The fourth-order valence-electron chi connectivity index (χ4n) is 1.65. The molecular formula is C15H14N2O4. The summed E-state index contributed by atoms with van der Waals surface area (Å²) in [5, 5.41) is 11.5. The van der Waals surface area contributed by atoms with Crippen LogP contribution in [0.4, 0.5) is 0 Å². The zero-order valence-corrected chi connectivity index (χ0v) is 11.5. The highest BCUT2D eigenvalue weighted by Crippen LogP contribution is 2.27. The number of nitriles is 1. The smallest absolute Gasteiger partial charge is 0.258 e. The van der Waals surface area contributed by atoms with Gasteiger partial charge in [0.2, 0.25) is 0 Å². The first-order valence-electron chi connectivity index (χ1n) is 6.23. The predicted octanol–water partition coefficient (Wildman–Crippen LogP) is 1.86. The third kappa shape index (κ3) is 4.01. The number of furan rings is 1. The fourth-order valence-corrected chi connectivity index (χ4v) is 1.65. The van der Waals surface area contributed by atoms with Crippen molar-refractivity contribution < 1.29 is 18.7 Å². The van der Waals surface area contributed by atoms with Crippen molar-refractivity contribution in [1.82, 2.24) is 5.32 Å². The van der Waals surface area contributed by atoms with Gasteiger partial charge in [0.25, 0.3) is 5.91 Å². The van der Waals surface area contributed by atoms with Crippen molar-refractivity contribution in [3.63, 3.8) is 0 Å². The molecule has 0 atom stereocenters. The number of ether oxygens (including phenoxy) is 2. The Kier molecular flexibility index (Phi) is 4.83. The summed E-state index contributed by atoms with van der Waals surface area (Å²) in [6, 6.07) is 10.3. The van der Waals surface area contributed by atoms with Gasteiger partial charge in [0.15, 0.2) is 18.1 Å². The molecule has 1 aromatic heterocycles. The van der Waals surface area contributed by atoms with Gasteiger partial charge in [-0.1, -0.05) is 0 Å². The second kappa shape index (κ2) is 7.01. The van der Waals surface area contributed by atoms with E-state index in [0.29, 0.717) is 29.4 Å². The number of carbonyl (C=O) groups excluding carboxylic acids is 1. The minimum Gasteiger partial charge on any atom is -0.493 e. The topological polar surface area (TPSA) is 84.5 Å². The van der Waals surface area contributed by atoms with E-state index in [-0.39, 0.29) is 12.5 Å². The summed E-state index contributed by atoms with van der Waals surface area (Å²) in [4.78, 5) is 11.7. The molecule has 0 aliphatic heterocycles. The summed E-state index contributed by atoms with van der Waals surface area (Å²) in [5.41, 5.74) is 0.460. The molecule has 0 unspecified atom stereocenters. The van der Waals surface area contributed by atoms with Gasteiger partial charge in [0, 0.05) is 6.07 Å². The summed E-state index contributed by atoms with van der Waals surface area (Å²) in [6.07, 6.45) is 1.54. The molecule has 2 rings (SSSR count). The molecule has 2 aromatic rings. The molecule has 0 fully saturated rings. The summed E-state index contributed by atoms with van der Waals surface area (Å²) in [5.74, 6) is 1.20. The number of benzene rings is 1. The van der Waals surface area contributed by atoms with Crippen LogP contribution in [0.1, 0.15) is 11.3 Å². The SMILES string of the molecule is COc1cc(C#N)ccc1OCC(=O)NCc1ccco1. The zero-order chi connectivity index (χ0) is 15.1. The summed E-state index contributed by atoms with van der Waals surface area (Å²) in [7, 11) is 1.47. The van der Waals surface area contributed by atoms with Crippen LogP contribution in [0.5, 0.6) is 11.5 Å². The van der Waals surface area contributed by atoms with Crippen molar-refractivity contribution in [3.8, 4) is 17.6 Å². The van der Waals surface area contributed by atoms with E-state index in [1.54, 1.807) is 36.6 Å². The Labute approximate surface area is 121 Å². The molecule has 0 radical (unpaired) electrons. The van der Waals surface area contributed by atoms with Crippen molar-refractivity contribution in [2.75, 3.05) is 13.7 Å². The lowest BCUT2D eigenvalue weighted by atomic mass is 10.2. The van der Waals surface area contributed by atoms with Crippen LogP contribution in [0.15, 0.2) is 41.0 Å². The first-order valence-corrected chi connectivity index (χ1v) is 6.23. The molecule has 0 saturated heterocycles. The molecule has 1 N–H and O–H groups in total.